The van der Waals surface area contributed by atoms with Crippen molar-refractivity contribution >= 4 is 11.8 Å². The van der Waals surface area contributed by atoms with Gasteiger partial charge in [-0.1, -0.05) is 36.8 Å². The van der Waals surface area contributed by atoms with Crippen LogP contribution in [0.5, 0.6) is 11.5 Å². The van der Waals surface area contributed by atoms with E-state index in [0.717, 1.165) is 23.5 Å². The molecule has 4 aliphatic rings. The molecule has 2 saturated heterocycles. The number of carbonyl (C=O) groups excluding carboxylic acids is 2. The molecule has 0 spiro atoms. The van der Waals surface area contributed by atoms with E-state index < -0.39 is 0 Å². The Balaban J connectivity index is 1.17. The number of rotatable bonds is 4. The maximum atomic E-state index is 13.3. The zero-order valence-corrected chi connectivity index (χ0v) is 20.2. The highest BCUT2D eigenvalue weighted by atomic mass is 16.7. The van der Waals surface area contributed by atoms with Gasteiger partial charge in [0.1, 0.15) is 6.54 Å². The Morgan fingerprint density at radius 2 is 1.83 bits per heavy atom. The van der Waals surface area contributed by atoms with Crippen molar-refractivity contribution in [3.63, 3.8) is 0 Å². The molecule has 0 unspecified atom stereocenters. The molecule has 3 heterocycles. The van der Waals surface area contributed by atoms with Crippen molar-refractivity contribution in [2.75, 3.05) is 26.5 Å². The number of ether oxygens (including phenoxy) is 2. The van der Waals surface area contributed by atoms with Gasteiger partial charge in [-0.05, 0) is 54.7 Å². The van der Waals surface area contributed by atoms with Crippen LogP contribution in [-0.2, 0) is 4.79 Å². The summed E-state index contributed by atoms with van der Waals surface area (Å²) in [7, 11) is 0. The van der Waals surface area contributed by atoms with Crippen molar-refractivity contribution in [3.05, 3.63) is 59.2 Å². The van der Waals surface area contributed by atoms with Crippen LogP contribution in [-0.4, -0.2) is 65.3 Å². The van der Waals surface area contributed by atoms with Crippen molar-refractivity contribution in [2.45, 2.75) is 50.1 Å². The van der Waals surface area contributed by atoms with Gasteiger partial charge in [0.2, 0.25) is 12.7 Å². The molecular weight excluding hydrogens is 456 g/mol. The van der Waals surface area contributed by atoms with Crippen LogP contribution in [0, 0.1) is 17.8 Å². The second-order valence-corrected chi connectivity index (χ2v) is 10.2. The summed E-state index contributed by atoms with van der Waals surface area (Å²) >= 11 is 0. The number of fused-ring (bicyclic) bond motifs is 2. The minimum absolute atomic E-state index is 0.00250. The lowest BCUT2D eigenvalue weighted by molar-refractivity contribution is -0.159. The van der Waals surface area contributed by atoms with Crippen LogP contribution in [0.2, 0.25) is 0 Å². The third-order valence-corrected chi connectivity index (χ3v) is 8.05. The first-order valence-corrected chi connectivity index (χ1v) is 12.8. The van der Waals surface area contributed by atoms with E-state index in [0.29, 0.717) is 23.6 Å². The van der Waals surface area contributed by atoms with Crippen molar-refractivity contribution in [1.82, 2.24) is 9.80 Å². The molecule has 186 valence electrons. The Morgan fingerprint density at radius 1 is 1.06 bits per heavy atom. The highest BCUT2D eigenvalue weighted by molar-refractivity contribution is 5.98. The molecule has 0 aromatic heterocycles. The summed E-state index contributed by atoms with van der Waals surface area (Å²) in [5, 5.41) is 10.1. The number of hydrogen-bond donors (Lipinski definition) is 1. The van der Waals surface area contributed by atoms with Crippen LogP contribution < -0.4 is 9.47 Å². The molecule has 3 fully saturated rings. The van der Waals surface area contributed by atoms with Crippen molar-refractivity contribution in [1.29, 1.82) is 0 Å². The van der Waals surface area contributed by atoms with Crippen molar-refractivity contribution < 1.29 is 24.2 Å². The third-order valence-electron chi connectivity index (χ3n) is 8.05. The first kappa shape index (κ1) is 22.9. The molecule has 3 atom stereocenters. The van der Waals surface area contributed by atoms with Crippen LogP contribution in [0.1, 0.15) is 59.5 Å². The van der Waals surface area contributed by atoms with Gasteiger partial charge in [-0.15, -0.1) is 0 Å². The maximum Gasteiger partial charge on any atom is 0.254 e. The molecule has 1 saturated carbocycles. The monoisotopic (exact) mass is 486 g/mol. The van der Waals surface area contributed by atoms with Crippen molar-refractivity contribution in [2.24, 2.45) is 5.92 Å². The van der Waals surface area contributed by atoms with Gasteiger partial charge in [-0.3, -0.25) is 9.59 Å². The Hall–Kier alpha value is -3.50. The lowest BCUT2D eigenvalue weighted by Crippen LogP contribution is -2.73. The van der Waals surface area contributed by atoms with E-state index in [4.69, 9.17) is 9.47 Å². The quantitative estimate of drug-likeness (QED) is 0.672. The summed E-state index contributed by atoms with van der Waals surface area (Å²) in [5.41, 5.74) is 2.50. The van der Waals surface area contributed by atoms with E-state index in [1.165, 1.54) is 25.7 Å². The Kier molecular flexibility index (Phi) is 6.06. The lowest BCUT2D eigenvalue weighted by atomic mass is 9.73. The summed E-state index contributed by atoms with van der Waals surface area (Å²) in [6.45, 7) is 0.457. The average Bonchev–Trinajstić information content (AvgIpc) is 3.57. The minimum Gasteiger partial charge on any atom is -0.454 e. The van der Waals surface area contributed by atoms with Crippen LogP contribution in [0.25, 0.3) is 0 Å². The van der Waals surface area contributed by atoms with Gasteiger partial charge in [0.15, 0.2) is 11.5 Å². The summed E-state index contributed by atoms with van der Waals surface area (Å²) in [4.78, 5) is 29.6. The highest BCUT2D eigenvalue weighted by Crippen LogP contribution is 2.43. The number of piperazine rings is 1. The zero-order valence-electron chi connectivity index (χ0n) is 20.2. The van der Waals surface area contributed by atoms with E-state index >= 15 is 0 Å². The van der Waals surface area contributed by atoms with E-state index in [1.54, 1.807) is 28.0 Å². The normalized spacial score (nSPS) is 24.7. The van der Waals surface area contributed by atoms with Gasteiger partial charge in [-0.25, -0.2) is 0 Å². The van der Waals surface area contributed by atoms with E-state index in [2.05, 4.69) is 11.8 Å². The van der Waals surface area contributed by atoms with Gasteiger partial charge in [0.25, 0.3) is 5.91 Å². The molecule has 0 radical (unpaired) electrons. The SMILES string of the molecule is O=C(c1ccc2c(c1)OCO2)N1CC(=O)N2[C@H](CO)[C@H](c3ccc(C#CCC4CCCC4)cc3)[C@@H]2C1. The number of carbonyl (C=O) groups is 2. The summed E-state index contributed by atoms with van der Waals surface area (Å²) in [5.74, 6) is 8.14. The van der Waals surface area contributed by atoms with Gasteiger partial charge in [0.05, 0.1) is 18.7 Å². The van der Waals surface area contributed by atoms with Gasteiger partial charge in [-0.2, -0.15) is 0 Å². The molecule has 0 bridgehead atoms. The minimum atomic E-state index is -0.274. The van der Waals surface area contributed by atoms with Crippen LogP contribution >= 0.6 is 0 Å². The maximum absolute atomic E-state index is 13.3. The molecule has 3 aliphatic heterocycles. The molecule has 7 heteroatoms. The molecule has 1 N–H and O–H groups in total. The number of benzene rings is 2. The number of aliphatic hydroxyl groups excluding tert-OH is 1. The zero-order chi connectivity index (χ0) is 24.6. The second-order valence-electron chi connectivity index (χ2n) is 10.2. The van der Waals surface area contributed by atoms with E-state index in [9.17, 15) is 14.7 Å². The fraction of sp³-hybridized carbons (Fsp3) is 0.448. The molecule has 1 aliphatic carbocycles. The van der Waals surface area contributed by atoms with Crippen LogP contribution in [0.4, 0.5) is 0 Å². The fourth-order valence-electron chi connectivity index (χ4n) is 6.17. The third kappa shape index (κ3) is 4.10. The predicted molar refractivity (Wildman–Crippen MR) is 133 cm³/mol. The number of hydrogen-bond acceptors (Lipinski definition) is 5. The standard InChI is InChI=1S/C29H30N2O5/c32-17-24-28(21-10-8-20(9-11-21)7-3-6-19-4-1-2-5-19)23-15-30(16-27(33)31(23)24)29(34)22-12-13-25-26(14-22)36-18-35-25/h8-14,19,23-24,28,32H,1-2,4-6,15-18H2/t23-,24+,28+/m0/s1. The molecule has 7 nitrogen and oxygen atoms in total. The Bertz CT molecular complexity index is 1220. The predicted octanol–water partition coefficient (Wildman–Crippen LogP) is 3.16. The smallest absolute Gasteiger partial charge is 0.254 e. The lowest BCUT2D eigenvalue weighted by Gasteiger charge is -2.58. The van der Waals surface area contributed by atoms with E-state index in [-0.39, 0.29) is 49.8 Å². The number of amides is 2. The summed E-state index contributed by atoms with van der Waals surface area (Å²) in [6, 6.07) is 12.8. The summed E-state index contributed by atoms with van der Waals surface area (Å²) in [6.07, 6.45) is 6.21. The number of aliphatic hydroxyl groups is 1. The Morgan fingerprint density at radius 3 is 2.61 bits per heavy atom. The van der Waals surface area contributed by atoms with Crippen LogP contribution in [0.3, 0.4) is 0 Å². The first-order valence-electron chi connectivity index (χ1n) is 12.8. The van der Waals surface area contributed by atoms with Gasteiger partial charge in [0, 0.05) is 30.0 Å². The van der Waals surface area contributed by atoms with E-state index in [1.807, 2.05) is 24.3 Å². The highest BCUT2D eigenvalue weighted by Gasteiger charge is 2.54. The Labute approximate surface area is 211 Å². The van der Waals surface area contributed by atoms with Gasteiger partial charge < -0.3 is 24.4 Å². The summed E-state index contributed by atoms with van der Waals surface area (Å²) < 4.78 is 10.7. The molecule has 36 heavy (non-hydrogen) atoms. The number of nitrogens with zero attached hydrogens (tertiary/aromatic N) is 2. The first-order chi connectivity index (χ1) is 17.6. The molecule has 6 rings (SSSR count). The van der Waals surface area contributed by atoms with Crippen molar-refractivity contribution in [3.8, 4) is 23.3 Å². The molecular formula is C29H30N2O5. The average molecular weight is 487 g/mol. The fourth-order valence-corrected chi connectivity index (χ4v) is 6.17. The second kappa shape index (κ2) is 9.51. The van der Waals surface area contributed by atoms with Crippen LogP contribution in [0.15, 0.2) is 42.5 Å². The molecule has 2 aromatic rings. The largest absolute Gasteiger partial charge is 0.454 e. The van der Waals surface area contributed by atoms with Gasteiger partial charge >= 0.3 is 0 Å². The molecule has 2 amide bonds. The topological polar surface area (TPSA) is 79.3 Å². The molecule has 2 aromatic carbocycles.